The maximum Gasteiger partial charge on any atom is 0.317 e. The number of Topliss-reactive ketones (excluding diaryl/α,β-unsaturated/α-hetero) is 1. The molecule has 0 bridgehead atoms. The summed E-state index contributed by atoms with van der Waals surface area (Å²) in [6, 6.07) is 0. The van der Waals surface area contributed by atoms with Crippen LogP contribution in [-0.2, 0) is 9.59 Å². The smallest absolute Gasteiger partial charge is 0.317 e. The van der Waals surface area contributed by atoms with Crippen LogP contribution in [0.25, 0.3) is 0 Å². The van der Waals surface area contributed by atoms with Gasteiger partial charge in [-0.15, -0.1) is 0 Å². The largest absolute Gasteiger partial charge is 0.480 e. The van der Waals surface area contributed by atoms with Crippen LogP contribution in [0.3, 0.4) is 0 Å². The van der Waals surface area contributed by atoms with Crippen molar-refractivity contribution in [2.75, 3.05) is 19.6 Å². The van der Waals surface area contributed by atoms with Crippen molar-refractivity contribution in [2.24, 2.45) is 0 Å². The van der Waals surface area contributed by atoms with Crippen LogP contribution in [0.1, 0.15) is 13.3 Å². The highest BCUT2D eigenvalue weighted by atomic mass is 35.6. The number of carboxylic acid groups (broad SMARTS) is 1. The molecule has 0 saturated heterocycles. The predicted octanol–water partition coefficient (Wildman–Crippen LogP) is 1.72. The number of alkyl halides is 3. The molecule has 0 saturated carbocycles. The van der Waals surface area contributed by atoms with Gasteiger partial charge in [0.1, 0.15) is 5.78 Å². The van der Waals surface area contributed by atoms with Crippen LogP contribution in [0.2, 0.25) is 0 Å². The van der Waals surface area contributed by atoms with E-state index in [2.05, 4.69) is 0 Å². The molecule has 0 heterocycles. The highest BCUT2D eigenvalue weighted by Gasteiger charge is 2.22. The van der Waals surface area contributed by atoms with E-state index < -0.39 is 9.76 Å². The molecule has 4 nitrogen and oxygen atoms in total. The molecule has 0 aromatic carbocycles. The van der Waals surface area contributed by atoms with E-state index in [4.69, 9.17) is 39.9 Å². The van der Waals surface area contributed by atoms with Gasteiger partial charge in [-0.1, -0.05) is 34.8 Å². The number of ketones is 1. The van der Waals surface area contributed by atoms with Gasteiger partial charge in [0.25, 0.3) is 0 Å². The number of rotatable bonds is 6. The third-order valence-electron chi connectivity index (χ3n) is 1.52. The van der Waals surface area contributed by atoms with Gasteiger partial charge in [0.15, 0.2) is 3.79 Å². The predicted molar refractivity (Wildman–Crippen MR) is 59.7 cm³/mol. The van der Waals surface area contributed by atoms with Gasteiger partial charge in [-0.3, -0.25) is 14.5 Å². The van der Waals surface area contributed by atoms with E-state index in [1.807, 2.05) is 0 Å². The molecule has 7 heteroatoms. The summed E-state index contributed by atoms with van der Waals surface area (Å²) in [5.74, 6) is -1.14. The van der Waals surface area contributed by atoms with Crippen molar-refractivity contribution in [3.63, 3.8) is 0 Å². The Hall–Kier alpha value is -0.0300. The summed E-state index contributed by atoms with van der Waals surface area (Å²) in [4.78, 5) is 22.7. The Bertz CT molecular complexity index is 224. The zero-order chi connectivity index (χ0) is 12.1. The van der Waals surface area contributed by atoms with Crippen LogP contribution < -0.4 is 0 Å². The van der Waals surface area contributed by atoms with Gasteiger partial charge in [0.05, 0.1) is 13.1 Å². The summed E-state index contributed by atoms with van der Waals surface area (Å²) in [6.45, 7) is 1.44. The Morgan fingerprint density at radius 3 is 2.13 bits per heavy atom. The van der Waals surface area contributed by atoms with Crippen molar-refractivity contribution in [2.45, 2.75) is 17.1 Å². The second-order valence-corrected chi connectivity index (χ2v) is 5.69. The first-order valence-corrected chi connectivity index (χ1v) is 5.34. The van der Waals surface area contributed by atoms with Gasteiger partial charge in [0, 0.05) is 13.0 Å². The van der Waals surface area contributed by atoms with Gasteiger partial charge in [-0.05, 0) is 6.92 Å². The topological polar surface area (TPSA) is 57.6 Å². The number of carbonyl (C=O) groups is 2. The molecule has 88 valence electrons. The first-order chi connectivity index (χ1) is 6.70. The Kier molecular flexibility index (Phi) is 6.52. The minimum Gasteiger partial charge on any atom is -0.480 e. The summed E-state index contributed by atoms with van der Waals surface area (Å²) in [6.07, 6.45) is 0.179. The highest BCUT2D eigenvalue weighted by Crippen LogP contribution is 2.29. The van der Waals surface area contributed by atoms with Gasteiger partial charge < -0.3 is 5.11 Å². The van der Waals surface area contributed by atoms with E-state index in [1.54, 1.807) is 0 Å². The van der Waals surface area contributed by atoms with Crippen molar-refractivity contribution in [3.8, 4) is 0 Å². The molecule has 0 unspecified atom stereocenters. The van der Waals surface area contributed by atoms with Crippen LogP contribution in [0.15, 0.2) is 0 Å². The molecule has 0 rings (SSSR count). The summed E-state index contributed by atoms with van der Waals surface area (Å²) < 4.78 is -1.42. The van der Waals surface area contributed by atoms with Gasteiger partial charge >= 0.3 is 5.97 Å². The molecule has 1 N–H and O–H groups in total. The Morgan fingerprint density at radius 2 is 1.80 bits per heavy atom. The standard InChI is InChI=1S/C8H12Cl3NO3/c1-6(13)4-12(5-7(14)15)3-2-8(9,10)11/h2-5H2,1H3,(H,14,15). The average Bonchev–Trinajstić information content (AvgIpc) is 1.96. The number of carbonyl (C=O) groups excluding carboxylic acids is 1. The fourth-order valence-corrected chi connectivity index (χ4v) is 1.26. The molecular formula is C8H12Cl3NO3. The average molecular weight is 277 g/mol. The normalized spacial score (nSPS) is 11.8. The Labute approximate surface area is 103 Å². The van der Waals surface area contributed by atoms with Crippen LogP contribution in [-0.4, -0.2) is 45.2 Å². The van der Waals surface area contributed by atoms with Crippen molar-refractivity contribution in [1.29, 1.82) is 0 Å². The highest BCUT2D eigenvalue weighted by molar-refractivity contribution is 6.67. The Morgan fingerprint density at radius 1 is 1.27 bits per heavy atom. The first kappa shape index (κ1) is 15.0. The molecule has 0 aromatic rings. The number of hydrogen-bond acceptors (Lipinski definition) is 3. The third kappa shape index (κ3) is 10.3. The number of halogens is 3. The van der Waals surface area contributed by atoms with E-state index in [0.29, 0.717) is 0 Å². The van der Waals surface area contributed by atoms with E-state index in [-0.39, 0.29) is 31.8 Å². The monoisotopic (exact) mass is 275 g/mol. The lowest BCUT2D eigenvalue weighted by Gasteiger charge is -2.20. The molecular weight excluding hydrogens is 264 g/mol. The van der Waals surface area contributed by atoms with Crippen molar-refractivity contribution in [1.82, 2.24) is 4.90 Å². The molecule has 0 aromatic heterocycles. The molecule has 0 fully saturated rings. The minimum absolute atomic E-state index is 0.0487. The van der Waals surface area contributed by atoms with Crippen molar-refractivity contribution < 1.29 is 14.7 Å². The molecule has 0 radical (unpaired) electrons. The second kappa shape index (κ2) is 6.53. The maximum atomic E-state index is 10.8. The fraction of sp³-hybridized carbons (Fsp3) is 0.750. The maximum absolute atomic E-state index is 10.8. The van der Waals surface area contributed by atoms with Crippen LogP contribution >= 0.6 is 34.8 Å². The molecule has 15 heavy (non-hydrogen) atoms. The van der Waals surface area contributed by atoms with Crippen molar-refractivity contribution in [3.05, 3.63) is 0 Å². The quantitative estimate of drug-likeness (QED) is 0.751. The zero-order valence-corrected chi connectivity index (χ0v) is 10.4. The zero-order valence-electron chi connectivity index (χ0n) is 8.17. The Balaban J connectivity index is 4.12. The SMILES string of the molecule is CC(=O)CN(CCC(Cl)(Cl)Cl)CC(=O)O. The van der Waals surface area contributed by atoms with Gasteiger partial charge in [-0.2, -0.15) is 0 Å². The van der Waals surface area contributed by atoms with Crippen molar-refractivity contribution >= 4 is 46.6 Å². The fourth-order valence-electron chi connectivity index (χ4n) is 1.01. The van der Waals surface area contributed by atoms with E-state index in [1.165, 1.54) is 11.8 Å². The second-order valence-electron chi connectivity index (χ2n) is 3.17. The van der Waals surface area contributed by atoms with Crippen LogP contribution in [0.4, 0.5) is 0 Å². The molecule has 0 atom stereocenters. The molecule has 0 spiro atoms. The van der Waals surface area contributed by atoms with Crippen LogP contribution in [0, 0.1) is 0 Å². The summed E-state index contributed by atoms with van der Waals surface area (Å²) >= 11 is 16.6. The lowest BCUT2D eigenvalue weighted by molar-refractivity contribution is -0.138. The molecule has 0 amide bonds. The lowest BCUT2D eigenvalue weighted by Crippen LogP contribution is -2.35. The number of aliphatic carboxylic acids is 1. The molecule has 0 aliphatic heterocycles. The minimum atomic E-state index is -1.42. The van der Waals surface area contributed by atoms with Crippen LogP contribution in [0.5, 0.6) is 0 Å². The van der Waals surface area contributed by atoms with E-state index in [0.717, 1.165) is 0 Å². The molecule has 0 aliphatic carbocycles. The number of hydrogen-bond donors (Lipinski definition) is 1. The third-order valence-corrected chi connectivity index (χ3v) is 2.08. The number of carboxylic acids is 1. The number of nitrogens with zero attached hydrogens (tertiary/aromatic N) is 1. The summed E-state index contributed by atoms with van der Waals surface area (Å²) in [7, 11) is 0. The van der Waals surface area contributed by atoms with Gasteiger partial charge in [-0.25, -0.2) is 0 Å². The summed E-state index contributed by atoms with van der Waals surface area (Å²) in [5.41, 5.74) is 0. The molecule has 0 aliphatic rings. The van der Waals surface area contributed by atoms with Gasteiger partial charge in [0.2, 0.25) is 0 Å². The summed E-state index contributed by atoms with van der Waals surface area (Å²) in [5, 5.41) is 8.57. The first-order valence-electron chi connectivity index (χ1n) is 4.21. The van der Waals surface area contributed by atoms with E-state index in [9.17, 15) is 9.59 Å². The van der Waals surface area contributed by atoms with E-state index >= 15 is 0 Å². The lowest BCUT2D eigenvalue weighted by atomic mass is 10.3.